The molecule has 0 fully saturated rings. The smallest absolute Gasteiger partial charge is 0.0629 e. The first kappa shape index (κ1) is 14.6. The number of thiophene rings is 1. The van der Waals surface area contributed by atoms with Gasteiger partial charge in [0.05, 0.1) is 6.04 Å². The molecule has 1 atom stereocenters. The zero-order valence-electron chi connectivity index (χ0n) is 11.6. The maximum absolute atomic E-state index is 3.72. The SMILES string of the molecule is CCc1cc(Br)ccc1NC(c1cccs1)C(C)C. The Kier molecular flexibility index (Phi) is 5.06. The van der Waals surface area contributed by atoms with E-state index in [0.29, 0.717) is 12.0 Å². The molecule has 0 radical (unpaired) electrons. The normalized spacial score (nSPS) is 12.7. The molecule has 1 heterocycles. The molecule has 2 rings (SSSR count). The Morgan fingerprint density at radius 1 is 1.26 bits per heavy atom. The summed E-state index contributed by atoms with van der Waals surface area (Å²) in [4.78, 5) is 1.40. The molecule has 0 saturated heterocycles. The van der Waals surface area contributed by atoms with Crippen molar-refractivity contribution in [2.24, 2.45) is 5.92 Å². The van der Waals surface area contributed by atoms with Crippen LogP contribution < -0.4 is 5.32 Å². The van der Waals surface area contributed by atoms with Crippen LogP contribution in [0.1, 0.15) is 37.3 Å². The fraction of sp³-hybridized carbons (Fsp3) is 0.375. The Hall–Kier alpha value is -0.800. The van der Waals surface area contributed by atoms with Crippen molar-refractivity contribution in [1.82, 2.24) is 0 Å². The molecule has 0 bridgehead atoms. The molecule has 0 saturated carbocycles. The van der Waals surface area contributed by atoms with Gasteiger partial charge in [0.15, 0.2) is 0 Å². The fourth-order valence-electron chi connectivity index (χ4n) is 2.20. The molecular formula is C16H20BrNS. The number of hydrogen-bond acceptors (Lipinski definition) is 2. The molecule has 102 valence electrons. The minimum absolute atomic E-state index is 0.381. The standard InChI is InChI=1S/C16H20BrNS/c1-4-12-10-13(17)7-8-14(12)18-16(11(2)3)15-6-5-9-19-15/h5-11,16,18H,4H2,1-3H3. The number of halogens is 1. The Bertz CT molecular complexity index is 520. The Morgan fingerprint density at radius 3 is 2.63 bits per heavy atom. The zero-order valence-corrected chi connectivity index (χ0v) is 14.0. The molecule has 1 unspecified atom stereocenters. The maximum Gasteiger partial charge on any atom is 0.0629 e. The molecule has 2 aromatic rings. The van der Waals surface area contributed by atoms with Crippen molar-refractivity contribution in [1.29, 1.82) is 0 Å². The molecule has 1 N–H and O–H groups in total. The second-order valence-corrected chi connectivity index (χ2v) is 6.93. The van der Waals surface area contributed by atoms with Gasteiger partial charge in [-0.05, 0) is 47.5 Å². The molecule has 1 nitrogen and oxygen atoms in total. The lowest BCUT2D eigenvalue weighted by molar-refractivity contribution is 0.553. The third kappa shape index (κ3) is 3.61. The Labute approximate surface area is 128 Å². The van der Waals surface area contributed by atoms with Gasteiger partial charge in [-0.1, -0.05) is 42.8 Å². The molecule has 0 aliphatic rings. The molecule has 19 heavy (non-hydrogen) atoms. The maximum atomic E-state index is 3.72. The van der Waals surface area contributed by atoms with E-state index < -0.39 is 0 Å². The van der Waals surface area contributed by atoms with Gasteiger partial charge in [0.1, 0.15) is 0 Å². The number of nitrogens with one attached hydrogen (secondary N) is 1. The van der Waals surface area contributed by atoms with Crippen LogP contribution in [0.3, 0.4) is 0 Å². The van der Waals surface area contributed by atoms with Gasteiger partial charge < -0.3 is 5.32 Å². The first-order valence-electron chi connectivity index (χ1n) is 6.70. The van der Waals surface area contributed by atoms with Gasteiger partial charge in [0.25, 0.3) is 0 Å². The first-order chi connectivity index (χ1) is 9.11. The monoisotopic (exact) mass is 337 g/mol. The highest BCUT2D eigenvalue weighted by molar-refractivity contribution is 9.10. The number of benzene rings is 1. The van der Waals surface area contributed by atoms with Crippen LogP contribution in [0, 0.1) is 5.92 Å². The minimum atomic E-state index is 0.381. The summed E-state index contributed by atoms with van der Waals surface area (Å²) in [5, 5.41) is 5.86. The van der Waals surface area contributed by atoms with Crippen molar-refractivity contribution >= 4 is 33.0 Å². The van der Waals surface area contributed by atoms with Crippen LogP contribution in [-0.4, -0.2) is 0 Å². The number of aryl methyl sites for hydroxylation is 1. The topological polar surface area (TPSA) is 12.0 Å². The number of rotatable bonds is 5. The first-order valence-corrected chi connectivity index (χ1v) is 8.37. The highest BCUT2D eigenvalue weighted by Crippen LogP contribution is 2.32. The van der Waals surface area contributed by atoms with E-state index in [9.17, 15) is 0 Å². The molecule has 1 aromatic carbocycles. The van der Waals surface area contributed by atoms with Crippen molar-refractivity contribution in [2.45, 2.75) is 33.2 Å². The lowest BCUT2D eigenvalue weighted by Gasteiger charge is -2.24. The van der Waals surface area contributed by atoms with Crippen LogP contribution in [-0.2, 0) is 6.42 Å². The van der Waals surface area contributed by atoms with Crippen molar-refractivity contribution in [3.8, 4) is 0 Å². The van der Waals surface area contributed by atoms with Crippen LogP contribution in [0.15, 0.2) is 40.2 Å². The van der Waals surface area contributed by atoms with Gasteiger partial charge in [-0.25, -0.2) is 0 Å². The predicted octanol–water partition coefficient (Wildman–Crippen LogP) is 5.88. The van der Waals surface area contributed by atoms with Crippen LogP contribution in [0.2, 0.25) is 0 Å². The van der Waals surface area contributed by atoms with Crippen molar-refractivity contribution in [2.75, 3.05) is 5.32 Å². The number of hydrogen-bond donors (Lipinski definition) is 1. The predicted molar refractivity (Wildman–Crippen MR) is 89.0 cm³/mol. The van der Waals surface area contributed by atoms with E-state index in [1.165, 1.54) is 16.1 Å². The van der Waals surface area contributed by atoms with Gasteiger partial charge in [0, 0.05) is 15.0 Å². The quantitative estimate of drug-likeness (QED) is 0.717. The summed E-state index contributed by atoms with van der Waals surface area (Å²) < 4.78 is 1.15. The van der Waals surface area contributed by atoms with E-state index in [1.807, 2.05) is 11.3 Å². The van der Waals surface area contributed by atoms with E-state index >= 15 is 0 Å². The summed E-state index contributed by atoms with van der Waals surface area (Å²) in [6.07, 6.45) is 1.04. The molecule has 0 aliphatic heterocycles. The summed E-state index contributed by atoms with van der Waals surface area (Å²) in [5.41, 5.74) is 2.61. The average Bonchev–Trinajstić information content (AvgIpc) is 2.90. The van der Waals surface area contributed by atoms with Gasteiger partial charge >= 0.3 is 0 Å². The third-order valence-corrected chi connectivity index (χ3v) is 4.72. The highest BCUT2D eigenvalue weighted by Gasteiger charge is 2.17. The molecule has 0 aliphatic carbocycles. The van der Waals surface area contributed by atoms with Gasteiger partial charge in [-0.2, -0.15) is 0 Å². The largest absolute Gasteiger partial charge is 0.377 e. The van der Waals surface area contributed by atoms with Crippen LogP contribution >= 0.6 is 27.3 Å². The molecule has 0 amide bonds. The van der Waals surface area contributed by atoms with E-state index in [0.717, 1.165) is 10.9 Å². The third-order valence-electron chi connectivity index (χ3n) is 3.28. The van der Waals surface area contributed by atoms with Crippen LogP contribution in [0.5, 0.6) is 0 Å². The van der Waals surface area contributed by atoms with Crippen molar-refractivity contribution < 1.29 is 0 Å². The van der Waals surface area contributed by atoms with E-state index in [2.05, 4.69) is 77.7 Å². The second-order valence-electron chi connectivity index (χ2n) is 5.04. The van der Waals surface area contributed by atoms with Crippen LogP contribution in [0.25, 0.3) is 0 Å². The summed E-state index contributed by atoms with van der Waals surface area (Å²) in [7, 11) is 0. The second kappa shape index (κ2) is 6.58. The Morgan fingerprint density at radius 2 is 2.05 bits per heavy atom. The zero-order chi connectivity index (χ0) is 13.8. The Balaban J connectivity index is 2.27. The fourth-order valence-corrected chi connectivity index (χ4v) is 3.56. The minimum Gasteiger partial charge on any atom is -0.377 e. The van der Waals surface area contributed by atoms with Crippen molar-refractivity contribution in [3.63, 3.8) is 0 Å². The summed E-state index contributed by atoms with van der Waals surface area (Å²) in [5.74, 6) is 0.562. The van der Waals surface area contributed by atoms with Gasteiger partial charge in [-0.3, -0.25) is 0 Å². The van der Waals surface area contributed by atoms with E-state index in [-0.39, 0.29) is 0 Å². The van der Waals surface area contributed by atoms with Gasteiger partial charge in [-0.15, -0.1) is 11.3 Å². The van der Waals surface area contributed by atoms with Gasteiger partial charge in [0.2, 0.25) is 0 Å². The average molecular weight is 338 g/mol. The number of anilines is 1. The summed E-state index contributed by atoms with van der Waals surface area (Å²) >= 11 is 5.37. The summed E-state index contributed by atoms with van der Waals surface area (Å²) in [6, 6.07) is 11.2. The molecule has 0 spiro atoms. The van der Waals surface area contributed by atoms with Crippen LogP contribution in [0.4, 0.5) is 5.69 Å². The summed E-state index contributed by atoms with van der Waals surface area (Å²) in [6.45, 7) is 6.73. The van der Waals surface area contributed by atoms with E-state index in [4.69, 9.17) is 0 Å². The molecular weight excluding hydrogens is 318 g/mol. The van der Waals surface area contributed by atoms with Crippen molar-refractivity contribution in [3.05, 3.63) is 50.6 Å². The molecule has 3 heteroatoms. The van der Waals surface area contributed by atoms with E-state index in [1.54, 1.807) is 0 Å². The highest BCUT2D eigenvalue weighted by atomic mass is 79.9. The lowest BCUT2D eigenvalue weighted by atomic mass is 10.0. The lowest BCUT2D eigenvalue weighted by Crippen LogP contribution is -2.16. The molecule has 1 aromatic heterocycles.